The van der Waals surface area contributed by atoms with Gasteiger partial charge in [0.15, 0.2) is 0 Å². The van der Waals surface area contributed by atoms with Crippen molar-refractivity contribution in [1.82, 2.24) is 10.0 Å². The lowest BCUT2D eigenvalue weighted by atomic mass is 10.2. The van der Waals surface area contributed by atoms with Gasteiger partial charge in [-0.05, 0) is 0 Å². The molecule has 1 aliphatic rings. The maximum Gasteiger partial charge on any atom is 0.254 e. The van der Waals surface area contributed by atoms with Crippen molar-refractivity contribution < 1.29 is 4.58 Å². The Kier molecular flexibility index (Phi) is 2.25. The molecule has 2 rings (SSSR count). The second kappa shape index (κ2) is 3.42. The quantitative estimate of drug-likeness (QED) is 0.614. The third-order valence-electron chi connectivity index (χ3n) is 2.68. The average Bonchev–Trinajstić information content (AvgIpc) is 2.43. The minimum Gasteiger partial charge on any atom is -0.246 e. The molecule has 0 radical (unpaired) electrons. The highest BCUT2D eigenvalue weighted by molar-refractivity contribution is 5.49. The fourth-order valence-corrected chi connectivity index (χ4v) is 1.92. The van der Waals surface area contributed by atoms with Gasteiger partial charge in [0.05, 0.1) is 14.1 Å². The monoisotopic (exact) mass is 190 g/mol. The van der Waals surface area contributed by atoms with E-state index in [-0.39, 0.29) is 0 Å². The van der Waals surface area contributed by atoms with Crippen molar-refractivity contribution in [2.45, 2.75) is 6.17 Å². The first-order chi connectivity index (χ1) is 6.70. The Hall–Kier alpha value is -1.35. The van der Waals surface area contributed by atoms with Gasteiger partial charge in [-0.2, -0.15) is 5.01 Å². The van der Waals surface area contributed by atoms with E-state index in [9.17, 15) is 0 Å². The molecule has 1 aliphatic heterocycles. The summed E-state index contributed by atoms with van der Waals surface area (Å²) >= 11 is 0. The Labute approximate surface area is 84.8 Å². The molecule has 1 heterocycles. The maximum absolute atomic E-state index is 2.20. The van der Waals surface area contributed by atoms with Gasteiger partial charge in [0.25, 0.3) is 6.34 Å². The standard InChI is InChI=1S/C11H16N3/c1-12-9-13(2)14(3)11(12)10-7-5-4-6-8-10/h4-9,11H,1-3H3/q+1. The zero-order valence-electron chi connectivity index (χ0n) is 8.88. The number of rotatable bonds is 1. The van der Waals surface area contributed by atoms with Crippen molar-refractivity contribution in [3.63, 3.8) is 0 Å². The largest absolute Gasteiger partial charge is 0.254 e. The van der Waals surface area contributed by atoms with Crippen LogP contribution in [-0.4, -0.2) is 42.1 Å². The van der Waals surface area contributed by atoms with Gasteiger partial charge in [-0.3, -0.25) is 0 Å². The Bertz CT molecular complexity index is 345. The second-order valence-electron chi connectivity index (χ2n) is 3.71. The SMILES string of the molecule is CN1C=[N+](C)C(c2ccccc2)N1C. The molecule has 0 spiro atoms. The van der Waals surface area contributed by atoms with Gasteiger partial charge < -0.3 is 0 Å². The molecule has 0 N–H and O–H groups in total. The predicted octanol–water partition coefficient (Wildman–Crippen LogP) is 1.15. The lowest BCUT2D eigenvalue weighted by Crippen LogP contribution is -2.33. The molecule has 0 saturated carbocycles. The van der Waals surface area contributed by atoms with Gasteiger partial charge in [-0.25, -0.2) is 4.58 Å². The van der Waals surface area contributed by atoms with E-state index < -0.39 is 0 Å². The topological polar surface area (TPSA) is 9.49 Å². The molecule has 1 atom stereocenters. The number of hydrazine groups is 1. The van der Waals surface area contributed by atoms with Crippen molar-refractivity contribution in [2.75, 3.05) is 21.1 Å². The molecule has 0 aromatic heterocycles. The van der Waals surface area contributed by atoms with Gasteiger partial charge in [0, 0.05) is 12.6 Å². The molecule has 1 aromatic carbocycles. The van der Waals surface area contributed by atoms with Gasteiger partial charge in [0.2, 0.25) is 6.17 Å². The van der Waals surface area contributed by atoms with Crippen LogP contribution in [0.3, 0.4) is 0 Å². The summed E-state index contributed by atoms with van der Waals surface area (Å²) in [5, 5.41) is 4.30. The highest BCUT2D eigenvalue weighted by Gasteiger charge is 2.33. The molecule has 0 saturated heterocycles. The number of hydrogen-bond acceptors (Lipinski definition) is 2. The number of hydrogen-bond donors (Lipinski definition) is 0. The third kappa shape index (κ3) is 1.40. The molecule has 74 valence electrons. The summed E-state index contributed by atoms with van der Waals surface area (Å²) in [7, 11) is 6.24. The maximum atomic E-state index is 2.20. The second-order valence-corrected chi connectivity index (χ2v) is 3.71. The average molecular weight is 190 g/mol. The molecule has 1 aromatic rings. The van der Waals surface area contributed by atoms with Crippen molar-refractivity contribution in [1.29, 1.82) is 0 Å². The van der Waals surface area contributed by atoms with E-state index >= 15 is 0 Å². The fourth-order valence-electron chi connectivity index (χ4n) is 1.92. The molecule has 3 nitrogen and oxygen atoms in total. The van der Waals surface area contributed by atoms with E-state index in [2.05, 4.69) is 66.3 Å². The summed E-state index contributed by atoms with van der Waals surface area (Å²) in [5.41, 5.74) is 1.32. The molecule has 14 heavy (non-hydrogen) atoms. The minimum atomic E-state index is 0.321. The van der Waals surface area contributed by atoms with Gasteiger partial charge in [0.1, 0.15) is 0 Å². The smallest absolute Gasteiger partial charge is 0.246 e. The van der Waals surface area contributed by atoms with Crippen LogP contribution in [-0.2, 0) is 0 Å². The fraction of sp³-hybridized carbons (Fsp3) is 0.364. The van der Waals surface area contributed by atoms with E-state index in [0.29, 0.717) is 6.17 Å². The highest BCUT2D eigenvalue weighted by atomic mass is 15.7. The summed E-state index contributed by atoms with van der Waals surface area (Å²) in [6.07, 6.45) is 2.42. The Morgan fingerprint density at radius 2 is 1.79 bits per heavy atom. The first-order valence-electron chi connectivity index (χ1n) is 4.77. The van der Waals surface area contributed by atoms with Crippen molar-refractivity contribution in [2.24, 2.45) is 0 Å². The molecule has 0 bridgehead atoms. The molecular weight excluding hydrogens is 174 g/mol. The summed E-state index contributed by atoms with van der Waals surface area (Å²) in [5.74, 6) is 0. The zero-order valence-corrected chi connectivity index (χ0v) is 8.88. The van der Waals surface area contributed by atoms with E-state index in [4.69, 9.17) is 0 Å². The van der Waals surface area contributed by atoms with Gasteiger partial charge in [-0.1, -0.05) is 30.3 Å². The molecule has 1 unspecified atom stereocenters. The predicted molar refractivity (Wildman–Crippen MR) is 57.0 cm³/mol. The molecule has 0 aliphatic carbocycles. The van der Waals surface area contributed by atoms with E-state index in [1.54, 1.807) is 0 Å². The molecular formula is C11H16N3+. The Morgan fingerprint density at radius 1 is 1.14 bits per heavy atom. The van der Waals surface area contributed by atoms with Crippen LogP contribution in [0.2, 0.25) is 0 Å². The van der Waals surface area contributed by atoms with Crippen LogP contribution in [0.1, 0.15) is 11.7 Å². The van der Waals surface area contributed by atoms with E-state index in [0.717, 1.165) is 0 Å². The lowest BCUT2D eigenvalue weighted by Gasteiger charge is -2.19. The summed E-state index contributed by atoms with van der Waals surface area (Å²) in [4.78, 5) is 0. The summed E-state index contributed by atoms with van der Waals surface area (Å²) in [6.45, 7) is 0. The minimum absolute atomic E-state index is 0.321. The normalized spacial score (nSPS) is 22.6. The summed E-state index contributed by atoms with van der Waals surface area (Å²) in [6, 6.07) is 10.5. The Balaban J connectivity index is 2.32. The van der Waals surface area contributed by atoms with Crippen LogP contribution in [0.5, 0.6) is 0 Å². The van der Waals surface area contributed by atoms with Crippen molar-refractivity contribution in [3.8, 4) is 0 Å². The molecule has 3 heteroatoms. The van der Waals surface area contributed by atoms with E-state index in [1.807, 2.05) is 6.07 Å². The third-order valence-corrected chi connectivity index (χ3v) is 2.68. The van der Waals surface area contributed by atoms with Crippen LogP contribution in [0.4, 0.5) is 0 Å². The van der Waals surface area contributed by atoms with Crippen LogP contribution >= 0.6 is 0 Å². The van der Waals surface area contributed by atoms with Gasteiger partial charge in [-0.15, -0.1) is 5.01 Å². The summed E-state index contributed by atoms with van der Waals surface area (Å²) < 4.78 is 2.20. The van der Waals surface area contributed by atoms with Gasteiger partial charge >= 0.3 is 0 Å². The number of nitrogens with zero attached hydrogens (tertiary/aromatic N) is 3. The highest BCUT2D eigenvalue weighted by Crippen LogP contribution is 2.23. The lowest BCUT2D eigenvalue weighted by molar-refractivity contribution is -0.554. The molecule has 0 amide bonds. The first-order valence-corrected chi connectivity index (χ1v) is 4.77. The number of benzene rings is 1. The van der Waals surface area contributed by atoms with E-state index in [1.165, 1.54) is 5.56 Å². The van der Waals surface area contributed by atoms with Crippen LogP contribution in [0.25, 0.3) is 0 Å². The first kappa shape index (κ1) is 9.21. The van der Waals surface area contributed by atoms with Crippen molar-refractivity contribution >= 4 is 6.34 Å². The van der Waals surface area contributed by atoms with Crippen LogP contribution in [0, 0.1) is 0 Å². The van der Waals surface area contributed by atoms with Crippen LogP contribution < -0.4 is 0 Å². The molecule has 0 fully saturated rings. The van der Waals surface area contributed by atoms with Crippen molar-refractivity contribution in [3.05, 3.63) is 35.9 Å². The zero-order chi connectivity index (χ0) is 10.1. The van der Waals surface area contributed by atoms with Crippen LogP contribution in [0.15, 0.2) is 30.3 Å². The Morgan fingerprint density at radius 3 is 2.29 bits per heavy atom.